The van der Waals surface area contributed by atoms with E-state index in [1.807, 2.05) is 0 Å². The van der Waals surface area contributed by atoms with Crippen molar-refractivity contribution in [2.75, 3.05) is 13.4 Å². The fourth-order valence-electron chi connectivity index (χ4n) is 2.68. The normalized spacial score (nSPS) is 12.0. The Morgan fingerprint density at radius 3 is 2.61 bits per heavy atom. The summed E-state index contributed by atoms with van der Waals surface area (Å²) in [5, 5.41) is 6.19. The fraction of sp³-hybridized carbons (Fsp3) is 0.158. The molecule has 6 nitrogen and oxygen atoms in total. The molecule has 0 bridgehead atoms. The van der Waals surface area contributed by atoms with Crippen LogP contribution in [0.5, 0.6) is 0 Å². The molecule has 146 valence electrons. The summed E-state index contributed by atoms with van der Waals surface area (Å²) in [4.78, 5) is 11.6. The summed E-state index contributed by atoms with van der Waals surface area (Å²) in [5.74, 6) is -0.517. The molecule has 28 heavy (non-hydrogen) atoms. The van der Waals surface area contributed by atoms with Crippen LogP contribution in [0.3, 0.4) is 0 Å². The standard InChI is InChI=1S/C19H16Cl2N2O4S/c1-27-19(24)8-7-17-15-6-5-14(28(2,25)26)10-18(15)23(22-17)11-12-3-4-13(20)9-16(12)21/h3-10H,11H2,1-2H3/b8-7+. The maximum absolute atomic E-state index is 12.0. The largest absolute Gasteiger partial charge is 0.466 e. The predicted molar refractivity (Wildman–Crippen MR) is 109 cm³/mol. The van der Waals surface area contributed by atoms with Gasteiger partial charge in [-0.15, -0.1) is 0 Å². The van der Waals surface area contributed by atoms with Crippen LogP contribution in [0, 0.1) is 0 Å². The highest BCUT2D eigenvalue weighted by Gasteiger charge is 2.15. The number of rotatable bonds is 5. The number of fused-ring (bicyclic) bond motifs is 1. The quantitative estimate of drug-likeness (QED) is 0.444. The number of nitrogens with zero attached hydrogens (tertiary/aromatic N) is 2. The van der Waals surface area contributed by atoms with Crippen LogP contribution in [0.25, 0.3) is 17.0 Å². The van der Waals surface area contributed by atoms with E-state index in [1.54, 1.807) is 35.0 Å². The van der Waals surface area contributed by atoms with Gasteiger partial charge in [0, 0.05) is 27.8 Å². The SMILES string of the molecule is COC(=O)/C=C/c1nn(Cc2ccc(Cl)cc2Cl)c2cc(S(C)(=O)=O)ccc12. The summed E-state index contributed by atoms with van der Waals surface area (Å²) in [7, 11) is -2.11. The van der Waals surface area contributed by atoms with Gasteiger partial charge in [-0.1, -0.05) is 29.3 Å². The molecule has 0 aliphatic rings. The van der Waals surface area contributed by atoms with Crippen molar-refractivity contribution in [1.82, 2.24) is 9.78 Å². The molecule has 0 aliphatic carbocycles. The van der Waals surface area contributed by atoms with Crippen LogP contribution in [0.2, 0.25) is 10.0 Å². The third-order valence-corrected chi connectivity index (χ3v) is 5.79. The molecule has 0 N–H and O–H groups in total. The Hall–Kier alpha value is -2.35. The summed E-state index contributed by atoms with van der Waals surface area (Å²) >= 11 is 12.2. The van der Waals surface area contributed by atoms with Gasteiger partial charge in [0.05, 0.1) is 29.8 Å². The number of carbonyl (C=O) groups excluding carboxylic acids is 1. The van der Waals surface area contributed by atoms with Crippen molar-refractivity contribution in [3.05, 3.63) is 63.8 Å². The summed E-state index contributed by atoms with van der Waals surface area (Å²) in [6.07, 6.45) is 3.92. The smallest absolute Gasteiger partial charge is 0.330 e. The van der Waals surface area contributed by atoms with E-state index in [4.69, 9.17) is 23.2 Å². The van der Waals surface area contributed by atoms with Gasteiger partial charge >= 0.3 is 5.97 Å². The van der Waals surface area contributed by atoms with Gasteiger partial charge in [-0.05, 0) is 42.0 Å². The van der Waals surface area contributed by atoms with E-state index in [-0.39, 0.29) is 4.90 Å². The molecule has 1 aromatic heterocycles. The maximum Gasteiger partial charge on any atom is 0.330 e. The summed E-state index contributed by atoms with van der Waals surface area (Å²) in [6, 6.07) is 9.85. The highest BCUT2D eigenvalue weighted by Crippen LogP contribution is 2.27. The molecule has 0 saturated heterocycles. The number of aromatic nitrogens is 2. The van der Waals surface area contributed by atoms with Gasteiger partial charge in [0.25, 0.3) is 0 Å². The third-order valence-electron chi connectivity index (χ3n) is 4.09. The second kappa shape index (κ2) is 7.95. The van der Waals surface area contributed by atoms with E-state index in [0.29, 0.717) is 33.2 Å². The minimum absolute atomic E-state index is 0.173. The Kier molecular flexibility index (Phi) is 5.79. The van der Waals surface area contributed by atoms with Crippen molar-refractivity contribution in [3.63, 3.8) is 0 Å². The van der Waals surface area contributed by atoms with Crippen LogP contribution in [0.15, 0.2) is 47.4 Å². The molecule has 0 saturated carbocycles. The van der Waals surface area contributed by atoms with Crippen molar-refractivity contribution in [2.45, 2.75) is 11.4 Å². The number of esters is 1. The minimum Gasteiger partial charge on any atom is -0.466 e. The van der Waals surface area contributed by atoms with Gasteiger partial charge in [0.1, 0.15) is 0 Å². The van der Waals surface area contributed by atoms with Crippen LogP contribution in [0.4, 0.5) is 0 Å². The Bertz CT molecular complexity index is 1200. The Morgan fingerprint density at radius 2 is 1.96 bits per heavy atom. The van der Waals surface area contributed by atoms with E-state index < -0.39 is 15.8 Å². The lowest BCUT2D eigenvalue weighted by Gasteiger charge is -2.07. The van der Waals surface area contributed by atoms with Crippen LogP contribution in [-0.2, 0) is 25.9 Å². The fourth-order valence-corrected chi connectivity index (χ4v) is 3.79. The first-order chi connectivity index (χ1) is 13.2. The zero-order valence-corrected chi connectivity index (χ0v) is 17.3. The second-order valence-electron chi connectivity index (χ2n) is 6.09. The molecule has 0 spiro atoms. The van der Waals surface area contributed by atoms with Gasteiger partial charge in [-0.25, -0.2) is 13.2 Å². The maximum atomic E-state index is 12.0. The first kappa shape index (κ1) is 20.4. The molecule has 3 aromatic rings. The summed E-state index contributed by atoms with van der Waals surface area (Å²) in [5.41, 5.74) is 1.87. The molecule has 3 rings (SSSR count). The van der Waals surface area contributed by atoms with Gasteiger partial charge in [-0.2, -0.15) is 5.10 Å². The lowest BCUT2D eigenvalue weighted by Crippen LogP contribution is -2.03. The Morgan fingerprint density at radius 1 is 1.21 bits per heavy atom. The van der Waals surface area contributed by atoms with Gasteiger partial charge in [0.15, 0.2) is 9.84 Å². The molecule has 1 heterocycles. The number of carbonyl (C=O) groups is 1. The highest BCUT2D eigenvalue weighted by molar-refractivity contribution is 7.90. The molecule has 0 fully saturated rings. The third kappa shape index (κ3) is 4.38. The number of sulfone groups is 1. The van der Waals surface area contributed by atoms with E-state index in [1.165, 1.54) is 25.3 Å². The molecule has 0 unspecified atom stereocenters. The summed E-state index contributed by atoms with van der Waals surface area (Å²) < 4.78 is 30.2. The average molecular weight is 439 g/mol. The van der Waals surface area contributed by atoms with Gasteiger partial charge in [-0.3, -0.25) is 4.68 Å². The zero-order chi connectivity index (χ0) is 20.5. The Balaban J connectivity index is 2.15. The first-order valence-corrected chi connectivity index (χ1v) is 10.7. The first-order valence-electron chi connectivity index (χ1n) is 8.09. The van der Waals surface area contributed by atoms with Crippen LogP contribution in [-0.4, -0.2) is 37.5 Å². The zero-order valence-electron chi connectivity index (χ0n) is 15.0. The molecule has 0 amide bonds. The topological polar surface area (TPSA) is 78.3 Å². The molecular formula is C19H16Cl2N2O4S. The summed E-state index contributed by atoms with van der Waals surface area (Å²) in [6.45, 7) is 0.297. The van der Waals surface area contributed by atoms with Crippen molar-refractivity contribution in [3.8, 4) is 0 Å². The van der Waals surface area contributed by atoms with Crippen LogP contribution in [0.1, 0.15) is 11.3 Å². The second-order valence-corrected chi connectivity index (χ2v) is 8.95. The van der Waals surface area contributed by atoms with Crippen molar-refractivity contribution < 1.29 is 17.9 Å². The Labute approximate surface area is 172 Å². The number of halogens is 2. The molecule has 0 radical (unpaired) electrons. The van der Waals surface area contributed by atoms with Crippen molar-refractivity contribution in [2.24, 2.45) is 0 Å². The van der Waals surface area contributed by atoms with E-state index in [9.17, 15) is 13.2 Å². The predicted octanol–water partition coefficient (Wildman–Crippen LogP) is 3.98. The number of methoxy groups -OCH3 is 1. The van der Waals surface area contributed by atoms with E-state index >= 15 is 0 Å². The van der Waals surface area contributed by atoms with E-state index in [0.717, 1.165) is 11.8 Å². The lowest BCUT2D eigenvalue weighted by atomic mass is 10.2. The molecule has 0 aliphatic heterocycles. The van der Waals surface area contributed by atoms with Gasteiger partial charge in [0.2, 0.25) is 0 Å². The molecule has 2 aromatic carbocycles. The minimum atomic E-state index is -3.39. The molecular weight excluding hydrogens is 423 g/mol. The monoisotopic (exact) mass is 438 g/mol. The van der Waals surface area contributed by atoms with E-state index in [2.05, 4.69) is 9.84 Å². The number of hydrogen-bond acceptors (Lipinski definition) is 5. The van der Waals surface area contributed by atoms with Gasteiger partial charge < -0.3 is 4.74 Å². The highest BCUT2D eigenvalue weighted by atomic mass is 35.5. The average Bonchev–Trinajstić information content (AvgIpc) is 2.98. The number of hydrogen-bond donors (Lipinski definition) is 0. The lowest BCUT2D eigenvalue weighted by molar-refractivity contribution is -0.134. The molecule has 0 atom stereocenters. The van der Waals surface area contributed by atoms with Crippen molar-refractivity contribution >= 4 is 56.0 Å². The van der Waals surface area contributed by atoms with Crippen LogP contribution >= 0.6 is 23.2 Å². The number of ether oxygens (including phenoxy) is 1. The number of benzene rings is 2. The van der Waals surface area contributed by atoms with Crippen molar-refractivity contribution in [1.29, 1.82) is 0 Å². The van der Waals surface area contributed by atoms with Crippen LogP contribution < -0.4 is 0 Å². The molecule has 9 heteroatoms.